The molecule has 67 heavy (non-hydrogen) atoms. The average Bonchev–Trinajstić information content (AvgIpc) is 3.82. The molecule has 3 unspecified atom stereocenters. The number of rotatable bonds is 11. The Labute approximate surface area is 385 Å². The van der Waals surface area contributed by atoms with E-state index in [9.17, 15) is 14.2 Å². The van der Waals surface area contributed by atoms with Crippen LogP contribution >= 0.6 is 7.14 Å². The number of aryl methyl sites for hydroxylation is 2. The van der Waals surface area contributed by atoms with Gasteiger partial charge in [0.1, 0.15) is 35.8 Å². The Bertz CT molecular complexity index is 3270. The number of benzene rings is 3. The fourth-order valence-corrected chi connectivity index (χ4v) is 13.0. The van der Waals surface area contributed by atoms with Gasteiger partial charge in [-0.25, -0.2) is 23.1 Å². The molecule has 2 fully saturated rings. The Morgan fingerprint density at radius 3 is 2.31 bits per heavy atom. The maximum absolute atomic E-state index is 16.1. The first-order chi connectivity index (χ1) is 32.1. The van der Waals surface area contributed by atoms with Crippen LogP contribution in [0.3, 0.4) is 0 Å². The van der Waals surface area contributed by atoms with Gasteiger partial charge in [-0.2, -0.15) is 5.10 Å². The summed E-state index contributed by atoms with van der Waals surface area (Å²) >= 11 is 0. The van der Waals surface area contributed by atoms with E-state index in [1.807, 2.05) is 17.6 Å². The molecular weight excluding hydrogens is 880 g/mol. The molecule has 6 heterocycles. The quantitative estimate of drug-likeness (QED) is 0.123. The molecule has 3 aromatic carbocycles. The Morgan fingerprint density at radius 2 is 1.67 bits per heavy atom. The lowest BCUT2D eigenvalue weighted by atomic mass is 9.91. The van der Waals surface area contributed by atoms with Gasteiger partial charge in [-0.05, 0) is 111 Å². The lowest BCUT2D eigenvalue weighted by Crippen LogP contribution is -2.41. The number of carbonyl (C=O) groups excluding carboxylic acids is 1. The van der Waals surface area contributed by atoms with Gasteiger partial charge in [0.05, 0.1) is 28.4 Å². The van der Waals surface area contributed by atoms with Crippen molar-refractivity contribution in [1.29, 1.82) is 0 Å². The average molecular weight is 934 g/mol. The lowest BCUT2D eigenvalue weighted by molar-refractivity contribution is 0.0663. The molecule has 2 aliphatic heterocycles. The van der Waals surface area contributed by atoms with Crippen molar-refractivity contribution >= 4 is 34.9 Å². The van der Waals surface area contributed by atoms with Crippen LogP contribution in [0, 0.1) is 31.4 Å². The second-order valence-electron chi connectivity index (χ2n) is 18.4. The van der Waals surface area contributed by atoms with Crippen LogP contribution in [0.2, 0.25) is 0 Å². The molecule has 0 radical (unpaired) electrons. The van der Waals surface area contributed by atoms with Crippen LogP contribution in [0.5, 0.6) is 0 Å². The number of carbonyl (C=O) groups is 1. The molecule has 1 amide bonds. The third-order valence-electron chi connectivity index (χ3n) is 14.7. The van der Waals surface area contributed by atoms with Crippen molar-refractivity contribution in [2.75, 3.05) is 44.4 Å². The first-order valence-corrected chi connectivity index (χ1v) is 25.1. The summed E-state index contributed by atoms with van der Waals surface area (Å²) in [4.78, 5) is 47.4. The van der Waals surface area contributed by atoms with E-state index in [1.165, 1.54) is 27.0 Å². The predicted octanol–water partition coefficient (Wildman–Crippen LogP) is 7.85. The van der Waals surface area contributed by atoms with Crippen molar-refractivity contribution in [1.82, 2.24) is 38.5 Å². The van der Waals surface area contributed by atoms with Crippen molar-refractivity contribution in [2.45, 2.75) is 84.7 Å². The molecule has 1 saturated heterocycles. The van der Waals surface area contributed by atoms with Gasteiger partial charge in [0.15, 0.2) is 5.82 Å². The second kappa shape index (κ2) is 16.5. The molecule has 1 saturated carbocycles. The maximum atomic E-state index is 16.1. The van der Waals surface area contributed by atoms with Gasteiger partial charge in [-0.1, -0.05) is 32.0 Å². The van der Waals surface area contributed by atoms with Crippen molar-refractivity contribution in [3.63, 3.8) is 0 Å². The van der Waals surface area contributed by atoms with Gasteiger partial charge in [0, 0.05) is 80.1 Å². The van der Waals surface area contributed by atoms with Gasteiger partial charge < -0.3 is 24.1 Å². The molecular formula is C49H54F2N9O6P. The summed E-state index contributed by atoms with van der Waals surface area (Å²) < 4.78 is 62.2. The number of amides is 1. The van der Waals surface area contributed by atoms with Gasteiger partial charge in [0.25, 0.3) is 5.91 Å². The highest BCUT2D eigenvalue weighted by molar-refractivity contribution is 7.71. The van der Waals surface area contributed by atoms with E-state index in [4.69, 9.17) is 14.4 Å². The van der Waals surface area contributed by atoms with Crippen molar-refractivity contribution in [3.05, 3.63) is 133 Å². The van der Waals surface area contributed by atoms with Crippen LogP contribution in [0.4, 0.5) is 14.5 Å². The number of hydrogen-bond donors (Lipinski definition) is 2. The highest BCUT2D eigenvalue weighted by Gasteiger charge is 2.59. The van der Waals surface area contributed by atoms with Crippen molar-refractivity contribution in [3.8, 4) is 17.2 Å². The standard InChI is InChI=1S/C49H54F2N9O6P/c1-8-67(64,9-2)43-36(50)24-34(25-38(43)52-7)57-16-17-58(48(57)63)44-41-30(6)56(15-12-37(41)54-60(44)35-20-27(3)42(51)28(4)21-35)45(61)40-23-33-22-32(31-13-18-65-19-14-31)10-11-39(33)59(40)49(26-29(49)5)46-53-47(62)66-55-46/h10-11,16-17,20-25,29-31,52H,8-9,12-15,18-19,26H2,1-7H3,(H,53,55,62). The lowest BCUT2D eigenvalue weighted by Gasteiger charge is -2.34. The Balaban J connectivity index is 1.12. The molecule has 1 aliphatic carbocycles. The summed E-state index contributed by atoms with van der Waals surface area (Å²) in [7, 11) is -1.44. The Morgan fingerprint density at radius 1 is 0.970 bits per heavy atom. The number of aromatic amines is 1. The zero-order valence-electron chi connectivity index (χ0n) is 38.7. The highest BCUT2D eigenvalue weighted by atomic mass is 31.2. The molecule has 3 aliphatic rings. The zero-order chi connectivity index (χ0) is 47.3. The number of nitrogens with zero attached hydrogens (tertiary/aromatic N) is 7. The Kier molecular flexibility index (Phi) is 10.9. The maximum Gasteiger partial charge on any atom is 0.438 e. The molecule has 350 valence electrons. The molecule has 7 aromatic rings. The number of anilines is 1. The summed E-state index contributed by atoms with van der Waals surface area (Å²) in [6, 6.07) is 13.8. The fourth-order valence-electron chi connectivity index (χ4n) is 10.8. The number of halogens is 2. The van der Waals surface area contributed by atoms with Gasteiger partial charge in [0.2, 0.25) is 0 Å². The zero-order valence-corrected chi connectivity index (χ0v) is 39.5. The minimum absolute atomic E-state index is 0.00372. The monoisotopic (exact) mass is 933 g/mol. The summed E-state index contributed by atoms with van der Waals surface area (Å²) in [5.74, 6) is -0.983. The predicted molar refractivity (Wildman–Crippen MR) is 252 cm³/mol. The largest absolute Gasteiger partial charge is 0.438 e. The molecule has 15 nitrogen and oxygen atoms in total. The third-order valence-corrected chi connectivity index (χ3v) is 18.0. The SMILES string of the molecule is CCP(=O)(CC)c1c(F)cc(-n2ccn(-c3c4c(nn3-c3cc(C)c(F)c(C)c3)CCN(C(=O)c3cc5cc(C6CCOCC6)ccc5n3C3(c5noc(=O)[nH]5)CC3C)C4C)c2=O)cc1NC. The van der Waals surface area contributed by atoms with E-state index in [-0.39, 0.29) is 47.5 Å². The summed E-state index contributed by atoms with van der Waals surface area (Å²) in [5.41, 5.74) is 4.10. The topological polar surface area (TPSA) is 167 Å². The minimum atomic E-state index is -3.06. The van der Waals surface area contributed by atoms with E-state index >= 15 is 13.6 Å². The van der Waals surface area contributed by atoms with Gasteiger partial charge in [-0.15, -0.1) is 0 Å². The molecule has 0 spiro atoms. The van der Waals surface area contributed by atoms with E-state index < -0.39 is 36.0 Å². The van der Waals surface area contributed by atoms with Crippen LogP contribution in [0.1, 0.15) is 103 Å². The number of fused-ring (bicyclic) bond motifs is 2. The second-order valence-corrected chi connectivity index (χ2v) is 21.9. The number of H-pyrrole nitrogens is 1. The fraction of sp³-hybridized carbons (Fsp3) is 0.408. The van der Waals surface area contributed by atoms with Crippen LogP contribution in [-0.4, -0.2) is 83.6 Å². The number of hydrogen-bond acceptors (Lipinski definition) is 9. The van der Waals surface area contributed by atoms with Crippen LogP contribution in [0.25, 0.3) is 28.1 Å². The smallest absolute Gasteiger partial charge is 0.387 e. The van der Waals surface area contributed by atoms with Crippen LogP contribution in [-0.2, 0) is 21.3 Å². The van der Waals surface area contributed by atoms with Gasteiger partial charge in [-0.3, -0.25) is 23.4 Å². The molecule has 10 rings (SSSR count). The van der Waals surface area contributed by atoms with Crippen molar-refractivity contribution in [2.24, 2.45) is 5.92 Å². The minimum Gasteiger partial charge on any atom is -0.387 e. The van der Waals surface area contributed by atoms with Gasteiger partial charge >= 0.3 is 11.4 Å². The number of imidazole rings is 1. The number of aromatic nitrogens is 7. The first kappa shape index (κ1) is 44.5. The number of nitrogens with one attached hydrogen (secondary N) is 2. The number of ether oxygens (including phenoxy) is 1. The molecule has 2 N–H and O–H groups in total. The van der Waals surface area contributed by atoms with E-state index in [0.717, 1.165) is 23.7 Å². The summed E-state index contributed by atoms with van der Waals surface area (Å²) in [5, 5.41) is 13.3. The first-order valence-electron chi connectivity index (χ1n) is 23.0. The van der Waals surface area contributed by atoms with Crippen LogP contribution < -0.4 is 22.1 Å². The molecule has 0 bridgehead atoms. The molecule has 3 atom stereocenters. The summed E-state index contributed by atoms with van der Waals surface area (Å²) in [6.45, 7) is 12.5. The van der Waals surface area contributed by atoms with E-state index in [0.29, 0.717) is 83.1 Å². The third kappa shape index (κ3) is 6.98. The summed E-state index contributed by atoms with van der Waals surface area (Å²) in [6.07, 6.45) is 6.40. The van der Waals surface area contributed by atoms with Crippen LogP contribution in [0.15, 0.2) is 75.0 Å². The molecule has 4 aromatic heterocycles. The Hall–Kier alpha value is -6.32. The van der Waals surface area contributed by atoms with Crippen molar-refractivity contribution < 1.29 is 27.4 Å². The van der Waals surface area contributed by atoms with E-state index in [1.54, 1.807) is 68.7 Å². The normalized spacial score (nSPS) is 19.9. The van der Waals surface area contributed by atoms with E-state index in [2.05, 4.69) is 40.6 Å². The molecule has 18 heteroatoms. The highest BCUT2D eigenvalue weighted by Crippen LogP contribution is 2.56.